The molecule has 2 N–H and O–H groups in total. The minimum atomic E-state index is -1.09. The van der Waals surface area contributed by atoms with Crippen LogP contribution in [0, 0.1) is 6.92 Å². The molecule has 8 heteroatoms. The lowest BCUT2D eigenvalue weighted by molar-refractivity contribution is -0.139. The minimum Gasteiger partial charge on any atom is -0.483 e. The van der Waals surface area contributed by atoms with Crippen LogP contribution in [0.15, 0.2) is 46.0 Å². The highest BCUT2D eigenvalue weighted by Gasteiger charge is 2.15. The fourth-order valence-electron chi connectivity index (χ4n) is 2.52. The molecule has 160 valence electrons. The van der Waals surface area contributed by atoms with Crippen LogP contribution in [0.3, 0.4) is 0 Å². The van der Waals surface area contributed by atoms with Crippen molar-refractivity contribution < 1.29 is 24.2 Å². The van der Waals surface area contributed by atoms with Crippen LogP contribution in [0.5, 0.6) is 11.5 Å². The van der Waals surface area contributed by atoms with Gasteiger partial charge in [-0.15, -0.1) is 0 Å². The Morgan fingerprint density at radius 2 is 1.77 bits per heavy atom. The highest BCUT2D eigenvalue weighted by atomic mass is 79.9. The van der Waals surface area contributed by atoms with Gasteiger partial charge in [0, 0.05) is 10.0 Å². The minimum absolute atomic E-state index is 0.0366. The summed E-state index contributed by atoms with van der Waals surface area (Å²) in [7, 11) is 0. The lowest BCUT2D eigenvalue weighted by Crippen LogP contribution is -2.25. The summed E-state index contributed by atoms with van der Waals surface area (Å²) in [5, 5.41) is 12.7. The molecule has 0 aliphatic carbocycles. The summed E-state index contributed by atoms with van der Waals surface area (Å²) in [6.07, 6.45) is 1.38. The van der Waals surface area contributed by atoms with Gasteiger partial charge in [-0.25, -0.2) is 10.2 Å². The third-order valence-electron chi connectivity index (χ3n) is 4.12. The van der Waals surface area contributed by atoms with Gasteiger partial charge < -0.3 is 14.6 Å². The summed E-state index contributed by atoms with van der Waals surface area (Å²) in [6, 6.07) is 10.9. The molecule has 0 atom stereocenters. The van der Waals surface area contributed by atoms with E-state index in [-0.39, 0.29) is 12.0 Å². The molecule has 0 unspecified atom stereocenters. The fraction of sp³-hybridized carbons (Fsp3) is 0.318. The standard InChI is InChI=1S/C22H25BrN2O5/c1-14-9-16(22(2,3)4)5-7-18(14)29-12-20(26)25-24-11-15-10-17(23)6-8-19(15)30-13-21(27)28/h5-11H,12-13H2,1-4H3,(H,25,26)(H,27,28)/b24-11+. The Bertz CT molecular complexity index is 951. The monoisotopic (exact) mass is 476 g/mol. The third-order valence-corrected chi connectivity index (χ3v) is 4.61. The number of nitrogens with zero attached hydrogens (tertiary/aromatic N) is 1. The Kier molecular flexibility index (Phi) is 8.00. The molecule has 0 aliphatic heterocycles. The van der Waals surface area contributed by atoms with Crippen LogP contribution in [-0.4, -0.2) is 36.4 Å². The van der Waals surface area contributed by atoms with Gasteiger partial charge in [0.05, 0.1) is 6.21 Å². The number of benzene rings is 2. The molecule has 0 radical (unpaired) electrons. The number of hydrazone groups is 1. The van der Waals surface area contributed by atoms with Crippen LogP contribution in [0.2, 0.25) is 0 Å². The first-order valence-corrected chi connectivity index (χ1v) is 10.1. The summed E-state index contributed by atoms with van der Waals surface area (Å²) in [5.74, 6) is -0.534. The van der Waals surface area contributed by atoms with Crippen molar-refractivity contribution in [1.82, 2.24) is 5.43 Å². The van der Waals surface area contributed by atoms with Gasteiger partial charge >= 0.3 is 5.97 Å². The second kappa shape index (κ2) is 10.2. The van der Waals surface area contributed by atoms with Crippen molar-refractivity contribution in [3.63, 3.8) is 0 Å². The lowest BCUT2D eigenvalue weighted by atomic mass is 9.86. The predicted octanol–water partition coefficient (Wildman–Crippen LogP) is 4.05. The number of carbonyl (C=O) groups is 2. The highest BCUT2D eigenvalue weighted by molar-refractivity contribution is 9.10. The molecule has 2 rings (SSSR count). The number of nitrogens with one attached hydrogen (secondary N) is 1. The van der Waals surface area contributed by atoms with Gasteiger partial charge in [-0.2, -0.15) is 5.10 Å². The van der Waals surface area contributed by atoms with E-state index in [9.17, 15) is 9.59 Å². The Hall–Kier alpha value is -2.87. The zero-order valence-electron chi connectivity index (χ0n) is 17.4. The Labute approximate surface area is 184 Å². The predicted molar refractivity (Wildman–Crippen MR) is 118 cm³/mol. The molecule has 0 aliphatic rings. The molecule has 0 heterocycles. The van der Waals surface area contributed by atoms with Crippen LogP contribution < -0.4 is 14.9 Å². The Morgan fingerprint density at radius 3 is 2.40 bits per heavy atom. The highest BCUT2D eigenvalue weighted by Crippen LogP contribution is 2.27. The number of ether oxygens (including phenoxy) is 2. The van der Waals surface area contributed by atoms with E-state index in [1.165, 1.54) is 11.8 Å². The molecule has 0 fully saturated rings. The number of rotatable bonds is 8. The molecular weight excluding hydrogens is 452 g/mol. The molecule has 0 aromatic heterocycles. The molecule has 7 nitrogen and oxygen atoms in total. The molecule has 2 aromatic carbocycles. The largest absolute Gasteiger partial charge is 0.483 e. The maximum atomic E-state index is 12.0. The van der Waals surface area contributed by atoms with E-state index in [0.29, 0.717) is 17.1 Å². The molecule has 0 saturated carbocycles. The van der Waals surface area contributed by atoms with Crippen molar-refractivity contribution in [2.45, 2.75) is 33.1 Å². The SMILES string of the molecule is Cc1cc(C(C)(C)C)ccc1OCC(=O)N/N=C/c1cc(Br)ccc1OCC(=O)O. The first-order valence-electron chi connectivity index (χ1n) is 9.26. The van der Waals surface area contributed by atoms with Crippen molar-refractivity contribution >= 4 is 34.0 Å². The average molecular weight is 477 g/mol. The van der Waals surface area contributed by atoms with Gasteiger partial charge in [0.1, 0.15) is 11.5 Å². The van der Waals surface area contributed by atoms with Gasteiger partial charge in [0.15, 0.2) is 13.2 Å². The van der Waals surface area contributed by atoms with Crippen molar-refractivity contribution in [1.29, 1.82) is 0 Å². The second-order valence-electron chi connectivity index (χ2n) is 7.68. The Balaban J connectivity index is 1.94. The van der Waals surface area contributed by atoms with Crippen LogP contribution in [-0.2, 0) is 15.0 Å². The molecule has 0 spiro atoms. The maximum absolute atomic E-state index is 12.0. The molecule has 2 aromatic rings. The summed E-state index contributed by atoms with van der Waals surface area (Å²) in [6.45, 7) is 7.68. The topological polar surface area (TPSA) is 97.2 Å². The number of amides is 1. The van der Waals surface area contributed by atoms with Crippen LogP contribution in [0.1, 0.15) is 37.5 Å². The van der Waals surface area contributed by atoms with E-state index in [4.69, 9.17) is 14.6 Å². The van der Waals surface area contributed by atoms with Gasteiger partial charge in [0.2, 0.25) is 0 Å². The first kappa shape index (κ1) is 23.4. The van der Waals surface area contributed by atoms with E-state index in [1.807, 2.05) is 19.1 Å². The summed E-state index contributed by atoms with van der Waals surface area (Å²) in [4.78, 5) is 22.7. The third kappa shape index (κ3) is 7.18. The second-order valence-corrected chi connectivity index (χ2v) is 8.59. The summed E-state index contributed by atoms with van der Waals surface area (Å²) in [5.41, 5.74) is 5.08. The number of hydrogen-bond acceptors (Lipinski definition) is 5. The van der Waals surface area contributed by atoms with Gasteiger partial charge in [-0.3, -0.25) is 4.79 Å². The van der Waals surface area contributed by atoms with E-state index < -0.39 is 18.5 Å². The molecular formula is C22H25BrN2O5. The quantitative estimate of drug-likeness (QED) is 0.442. The van der Waals surface area contributed by atoms with E-state index in [0.717, 1.165) is 10.0 Å². The van der Waals surface area contributed by atoms with Crippen LogP contribution in [0.25, 0.3) is 0 Å². The number of carbonyl (C=O) groups excluding carboxylic acids is 1. The first-order chi connectivity index (χ1) is 14.1. The number of aryl methyl sites for hydroxylation is 1. The van der Waals surface area contributed by atoms with Gasteiger partial charge in [-0.1, -0.05) is 48.8 Å². The van der Waals surface area contributed by atoms with Crippen molar-refractivity contribution in [3.05, 3.63) is 57.6 Å². The fourth-order valence-corrected chi connectivity index (χ4v) is 2.90. The van der Waals surface area contributed by atoms with Gasteiger partial charge in [-0.05, 0) is 47.7 Å². The number of halogens is 1. The van der Waals surface area contributed by atoms with Crippen molar-refractivity contribution in [2.75, 3.05) is 13.2 Å². The Morgan fingerprint density at radius 1 is 1.10 bits per heavy atom. The van der Waals surface area contributed by atoms with E-state index in [1.54, 1.807) is 18.2 Å². The number of aliphatic carboxylic acids is 1. The summed E-state index contributed by atoms with van der Waals surface area (Å²) >= 11 is 3.33. The smallest absolute Gasteiger partial charge is 0.341 e. The van der Waals surface area contributed by atoms with E-state index in [2.05, 4.69) is 53.3 Å². The van der Waals surface area contributed by atoms with Crippen LogP contribution >= 0.6 is 15.9 Å². The molecule has 0 bridgehead atoms. The maximum Gasteiger partial charge on any atom is 0.341 e. The molecule has 0 saturated heterocycles. The molecule has 1 amide bonds. The zero-order chi connectivity index (χ0) is 22.3. The van der Waals surface area contributed by atoms with E-state index >= 15 is 0 Å². The number of carboxylic acid groups (broad SMARTS) is 1. The number of carboxylic acids is 1. The summed E-state index contributed by atoms with van der Waals surface area (Å²) < 4.78 is 11.6. The number of hydrogen-bond donors (Lipinski definition) is 2. The average Bonchev–Trinajstić information content (AvgIpc) is 2.65. The van der Waals surface area contributed by atoms with Crippen molar-refractivity contribution in [3.8, 4) is 11.5 Å². The van der Waals surface area contributed by atoms with Crippen molar-refractivity contribution in [2.24, 2.45) is 5.10 Å². The zero-order valence-corrected chi connectivity index (χ0v) is 18.9. The normalized spacial score (nSPS) is 11.4. The molecule has 30 heavy (non-hydrogen) atoms. The van der Waals surface area contributed by atoms with Crippen LogP contribution in [0.4, 0.5) is 0 Å². The lowest BCUT2D eigenvalue weighted by Gasteiger charge is -2.20. The van der Waals surface area contributed by atoms with Gasteiger partial charge in [0.25, 0.3) is 5.91 Å².